The van der Waals surface area contributed by atoms with Gasteiger partial charge in [0.05, 0.1) is 5.92 Å². The lowest BCUT2D eigenvalue weighted by Crippen LogP contribution is -2.52. The van der Waals surface area contributed by atoms with Crippen molar-refractivity contribution in [3.05, 3.63) is 0 Å². The van der Waals surface area contributed by atoms with Gasteiger partial charge in [-0.3, -0.25) is 4.79 Å². The van der Waals surface area contributed by atoms with E-state index in [9.17, 15) is 9.59 Å². The maximum Gasteiger partial charge on any atom is 0.404 e. The monoisotopic (exact) mass is 243 g/mol. The van der Waals surface area contributed by atoms with Crippen LogP contribution < -0.4 is 16.4 Å². The maximum absolute atomic E-state index is 11.3. The lowest BCUT2D eigenvalue weighted by Gasteiger charge is -2.36. The molecule has 1 aliphatic rings. The van der Waals surface area contributed by atoms with Crippen molar-refractivity contribution in [2.24, 2.45) is 23.0 Å². The molecule has 1 rings (SSSR count). The summed E-state index contributed by atoms with van der Waals surface area (Å²) in [6, 6.07) is -0.299. The van der Waals surface area contributed by atoms with E-state index in [1.165, 1.54) is 0 Å². The summed E-state index contributed by atoms with van der Waals surface area (Å²) in [5, 5.41) is 14.5. The van der Waals surface area contributed by atoms with Gasteiger partial charge in [0.25, 0.3) is 0 Å². The smallest absolute Gasteiger partial charge is 0.404 e. The Morgan fingerprint density at radius 3 is 2.41 bits per heavy atom. The third kappa shape index (κ3) is 3.33. The molecule has 1 saturated heterocycles. The van der Waals surface area contributed by atoms with Gasteiger partial charge in [0.2, 0.25) is 5.91 Å². The number of nitrogens with two attached hydrogens (primary N) is 1. The topological polar surface area (TPSA) is 104 Å². The van der Waals surface area contributed by atoms with Crippen molar-refractivity contribution in [1.82, 2.24) is 10.6 Å². The van der Waals surface area contributed by atoms with E-state index in [0.29, 0.717) is 13.1 Å². The Labute approximate surface area is 101 Å². The Balaban J connectivity index is 2.89. The van der Waals surface area contributed by atoms with Crippen molar-refractivity contribution in [1.29, 1.82) is 0 Å². The van der Waals surface area contributed by atoms with Crippen LogP contribution in [0.1, 0.15) is 20.8 Å². The van der Waals surface area contributed by atoms with E-state index in [0.717, 1.165) is 0 Å². The van der Waals surface area contributed by atoms with Gasteiger partial charge in [0.15, 0.2) is 0 Å². The van der Waals surface area contributed by atoms with Crippen LogP contribution in [0.5, 0.6) is 0 Å². The van der Waals surface area contributed by atoms with E-state index in [1.54, 1.807) is 0 Å². The van der Waals surface area contributed by atoms with Crippen molar-refractivity contribution in [2.75, 3.05) is 13.1 Å². The second-order valence-electron chi connectivity index (χ2n) is 5.62. The number of amides is 2. The molecule has 1 fully saturated rings. The Hall–Kier alpha value is -1.30. The summed E-state index contributed by atoms with van der Waals surface area (Å²) in [5.41, 5.74) is 5.08. The summed E-state index contributed by atoms with van der Waals surface area (Å²) in [7, 11) is 0. The molecule has 6 nitrogen and oxygen atoms in total. The van der Waals surface area contributed by atoms with Crippen molar-refractivity contribution < 1.29 is 14.7 Å². The highest BCUT2D eigenvalue weighted by molar-refractivity contribution is 5.78. The van der Waals surface area contributed by atoms with Crippen molar-refractivity contribution in [3.63, 3.8) is 0 Å². The minimum Gasteiger partial charge on any atom is -0.465 e. The average Bonchev–Trinajstić information content (AvgIpc) is 2.59. The first kappa shape index (κ1) is 13.8. The highest BCUT2D eigenvalue weighted by atomic mass is 16.4. The normalized spacial score (nSPS) is 26.5. The van der Waals surface area contributed by atoms with Gasteiger partial charge in [-0.1, -0.05) is 20.8 Å². The van der Waals surface area contributed by atoms with Gasteiger partial charge < -0.3 is 21.5 Å². The lowest BCUT2D eigenvalue weighted by molar-refractivity contribution is -0.122. The van der Waals surface area contributed by atoms with Gasteiger partial charge in [-0.15, -0.1) is 0 Å². The number of rotatable bonds is 3. The highest BCUT2D eigenvalue weighted by Gasteiger charge is 2.42. The van der Waals surface area contributed by atoms with Crippen molar-refractivity contribution in [3.8, 4) is 0 Å². The molecule has 5 N–H and O–H groups in total. The van der Waals surface area contributed by atoms with E-state index in [2.05, 4.69) is 10.6 Å². The largest absolute Gasteiger partial charge is 0.465 e. The zero-order valence-corrected chi connectivity index (χ0v) is 10.5. The fourth-order valence-corrected chi connectivity index (χ4v) is 2.46. The fourth-order valence-electron chi connectivity index (χ4n) is 2.46. The van der Waals surface area contributed by atoms with Crippen LogP contribution >= 0.6 is 0 Å². The molecule has 98 valence electrons. The number of carbonyl (C=O) groups excluding carboxylic acids is 1. The number of primary amides is 1. The molecule has 0 spiro atoms. The molecule has 0 aromatic carbocycles. The van der Waals surface area contributed by atoms with Crippen LogP contribution in [0, 0.1) is 17.3 Å². The second kappa shape index (κ2) is 4.91. The molecule has 0 saturated carbocycles. The summed E-state index contributed by atoms with van der Waals surface area (Å²) in [4.78, 5) is 22.2. The number of carbonyl (C=O) groups is 2. The Morgan fingerprint density at radius 2 is 2.00 bits per heavy atom. The molecule has 0 aromatic heterocycles. The number of hydrogen-bond donors (Lipinski definition) is 4. The summed E-state index contributed by atoms with van der Waals surface area (Å²) in [6.45, 7) is 6.97. The van der Waals surface area contributed by atoms with Gasteiger partial charge in [-0.05, 0) is 5.41 Å². The van der Waals surface area contributed by atoms with E-state index < -0.39 is 6.09 Å². The van der Waals surface area contributed by atoms with Crippen LogP contribution in [0.2, 0.25) is 0 Å². The molecule has 1 heterocycles. The zero-order valence-electron chi connectivity index (χ0n) is 10.5. The van der Waals surface area contributed by atoms with Crippen LogP contribution in [0.15, 0.2) is 0 Å². The molecule has 0 aliphatic carbocycles. The highest BCUT2D eigenvalue weighted by Crippen LogP contribution is 2.31. The first-order valence-electron chi connectivity index (χ1n) is 5.73. The van der Waals surface area contributed by atoms with E-state index in [1.807, 2.05) is 20.8 Å². The molecule has 1 aliphatic heterocycles. The maximum atomic E-state index is 11.3. The molecule has 6 heteroatoms. The summed E-state index contributed by atoms with van der Waals surface area (Å²) in [5.74, 6) is -0.781. The summed E-state index contributed by atoms with van der Waals surface area (Å²) < 4.78 is 0. The Bertz CT molecular complexity index is 312. The van der Waals surface area contributed by atoms with Gasteiger partial charge >= 0.3 is 6.09 Å². The van der Waals surface area contributed by atoms with Gasteiger partial charge in [-0.25, -0.2) is 4.79 Å². The first-order chi connectivity index (χ1) is 7.73. The van der Waals surface area contributed by atoms with Gasteiger partial charge in [-0.2, -0.15) is 0 Å². The molecule has 0 radical (unpaired) electrons. The predicted molar refractivity (Wildman–Crippen MR) is 63.4 cm³/mol. The first-order valence-corrected chi connectivity index (χ1v) is 5.73. The number of carboxylic acid groups (broad SMARTS) is 1. The van der Waals surface area contributed by atoms with E-state index in [4.69, 9.17) is 10.8 Å². The minimum atomic E-state index is -1.07. The van der Waals surface area contributed by atoms with Gasteiger partial charge in [0, 0.05) is 25.0 Å². The summed E-state index contributed by atoms with van der Waals surface area (Å²) in [6.07, 6.45) is -1.07. The SMILES string of the molecule is CC(C)(C)C(NC(=O)O)[C@@H]1CNC[C@@H]1C(N)=O. The molecule has 0 aromatic rings. The van der Waals surface area contributed by atoms with Crippen LogP contribution in [0.3, 0.4) is 0 Å². The molecule has 0 bridgehead atoms. The lowest BCUT2D eigenvalue weighted by atomic mass is 9.75. The standard InChI is InChI=1S/C11H21N3O3/c1-11(2,3)8(14-10(16)17)6-4-13-5-7(6)9(12)15/h6-8,13-14H,4-5H2,1-3H3,(H2,12,15)(H,16,17)/t6-,7+,8?/m1/s1. The molecule has 2 amide bonds. The van der Waals surface area contributed by atoms with Crippen LogP contribution in [-0.2, 0) is 4.79 Å². The number of nitrogens with one attached hydrogen (secondary N) is 2. The fraction of sp³-hybridized carbons (Fsp3) is 0.818. The van der Waals surface area contributed by atoms with Crippen molar-refractivity contribution in [2.45, 2.75) is 26.8 Å². The second-order valence-corrected chi connectivity index (χ2v) is 5.62. The number of hydrogen-bond acceptors (Lipinski definition) is 3. The van der Waals surface area contributed by atoms with Crippen LogP contribution in [0.4, 0.5) is 4.79 Å². The van der Waals surface area contributed by atoms with E-state index >= 15 is 0 Å². The Morgan fingerprint density at radius 1 is 1.41 bits per heavy atom. The molecule has 17 heavy (non-hydrogen) atoms. The minimum absolute atomic E-state index is 0.0939. The average molecular weight is 243 g/mol. The molecular weight excluding hydrogens is 222 g/mol. The van der Waals surface area contributed by atoms with Crippen LogP contribution in [0.25, 0.3) is 0 Å². The summed E-state index contributed by atoms with van der Waals surface area (Å²) >= 11 is 0. The Kier molecular flexibility index (Phi) is 3.98. The molecule has 1 unspecified atom stereocenters. The predicted octanol–water partition coefficient (Wildman–Crippen LogP) is -0.0104. The molecular formula is C11H21N3O3. The third-order valence-corrected chi connectivity index (χ3v) is 3.27. The van der Waals surface area contributed by atoms with Crippen molar-refractivity contribution >= 4 is 12.0 Å². The quantitative estimate of drug-likeness (QED) is 0.559. The third-order valence-electron chi connectivity index (χ3n) is 3.27. The van der Waals surface area contributed by atoms with Gasteiger partial charge in [0.1, 0.15) is 0 Å². The van der Waals surface area contributed by atoms with Crippen LogP contribution in [-0.4, -0.2) is 36.2 Å². The van der Waals surface area contributed by atoms with E-state index in [-0.39, 0.29) is 29.2 Å². The zero-order chi connectivity index (χ0) is 13.2. The molecule has 3 atom stereocenters.